The average Bonchev–Trinajstić information content (AvgIpc) is 2.62. The topological polar surface area (TPSA) is 66.4 Å². The standard InChI is InChI=1S/C23H43NO3/c1-5-7-8-9-10-11-12-13-14-15-16-17-19-23(18-6-2,22(26)27)24-21(25)20(3)4/h3,5-19H2,1-2,4H3,(H,24,25)(H,26,27). The van der Waals surface area contributed by atoms with E-state index in [1.807, 2.05) is 6.92 Å². The average molecular weight is 382 g/mol. The van der Waals surface area contributed by atoms with Crippen molar-refractivity contribution < 1.29 is 14.7 Å². The molecule has 0 saturated heterocycles. The number of carbonyl (C=O) groups excluding carboxylic acids is 1. The fraction of sp³-hybridized carbons (Fsp3) is 0.826. The van der Waals surface area contributed by atoms with Gasteiger partial charge in [0.15, 0.2) is 0 Å². The van der Waals surface area contributed by atoms with Crippen molar-refractivity contribution in [1.82, 2.24) is 5.32 Å². The molecule has 0 aromatic rings. The van der Waals surface area contributed by atoms with Crippen LogP contribution < -0.4 is 5.32 Å². The maximum absolute atomic E-state index is 12.0. The third kappa shape index (κ3) is 11.9. The molecule has 0 radical (unpaired) electrons. The highest BCUT2D eigenvalue weighted by molar-refractivity contribution is 5.96. The van der Waals surface area contributed by atoms with Crippen molar-refractivity contribution in [3.8, 4) is 0 Å². The van der Waals surface area contributed by atoms with Crippen LogP contribution in [0, 0.1) is 0 Å². The molecule has 0 aromatic carbocycles. The van der Waals surface area contributed by atoms with Crippen molar-refractivity contribution in [2.75, 3.05) is 0 Å². The Morgan fingerprint density at radius 1 is 0.778 bits per heavy atom. The van der Waals surface area contributed by atoms with Crippen molar-refractivity contribution in [3.05, 3.63) is 12.2 Å². The molecule has 0 rings (SSSR count). The lowest BCUT2D eigenvalue weighted by Gasteiger charge is -2.30. The van der Waals surface area contributed by atoms with E-state index in [1.165, 1.54) is 57.8 Å². The van der Waals surface area contributed by atoms with Crippen LogP contribution in [0.25, 0.3) is 0 Å². The van der Waals surface area contributed by atoms with Gasteiger partial charge in [0.1, 0.15) is 5.54 Å². The van der Waals surface area contributed by atoms with Gasteiger partial charge in [0, 0.05) is 5.57 Å². The Morgan fingerprint density at radius 3 is 1.59 bits per heavy atom. The molecule has 4 heteroatoms. The summed E-state index contributed by atoms with van der Waals surface area (Å²) in [5.74, 6) is -1.29. The molecule has 0 saturated carbocycles. The van der Waals surface area contributed by atoms with Crippen LogP contribution in [0.5, 0.6) is 0 Å². The maximum atomic E-state index is 12.0. The highest BCUT2D eigenvalue weighted by Crippen LogP contribution is 2.23. The van der Waals surface area contributed by atoms with Crippen molar-refractivity contribution >= 4 is 11.9 Å². The largest absolute Gasteiger partial charge is 0.480 e. The molecule has 0 aliphatic carbocycles. The van der Waals surface area contributed by atoms with Crippen LogP contribution in [-0.2, 0) is 9.59 Å². The molecule has 1 amide bonds. The molecule has 0 fully saturated rings. The number of rotatable bonds is 18. The molecule has 0 spiro atoms. The number of carbonyl (C=O) groups is 2. The van der Waals surface area contributed by atoms with Crippen LogP contribution in [0.2, 0.25) is 0 Å². The Labute approximate surface area is 167 Å². The summed E-state index contributed by atoms with van der Waals surface area (Å²) in [5, 5.41) is 12.5. The van der Waals surface area contributed by atoms with E-state index in [0.717, 1.165) is 25.7 Å². The summed E-state index contributed by atoms with van der Waals surface area (Å²) in [6, 6.07) is 0. The maximum Gasteiger partial charge on any atom is 0.329 e. The molecule has 0 bridgehead atoms. The fourth-order valence-electron chi connectivity index (χ4n) is 3.54. The zero-order valence-electron chi connectivity index (χ0n) is 18.1. The summed E-state index contributed by atoms with van der Waals surface area (Å²) >= 11 is 0. The Balaban J connectivity index is 4.04. The number of nitrogens with one attached hydrogen (secondary N) is 1. The molecule has 0 aromatic heterocycles. The molecule has 0 heterocycles. The zero-order valence-corrected chi connectivity index (χ0v) is 18.1. The predicted molar refractivity (Wildman–Crippen MR) is 114 cm³/mol. The van der Waals surface area contributed by atoms with Crippen molar-refractivity contribution in [2.45, 2.75) is 123 Å². The quantitative estimate of drug-likeness (QED) is 0.213. The molecule has 1 atom stereocenters. The van der Waals surface area contributed by atoms with Crippen LogP contribution in [0.15, 0.2) is 12.2 Å². The molecule has 2 N–H and O–H groups in total. The van der Waals surface area contributed by atoms with Crippen LogP contribution in [0.1, 0.15) is 117 Å². The van der Waals surface area contributed by atoms with Gasteiger partial charge in [-0.2, -0.15) is 0 Å². The first-order chi connectivity index (χ1) is 12.9. The van der Waals surface area contributed by atoms with Crippen LogP contribution in [-0.4, -0.2) is 22.5 Å². The third-order valence-corrected chi connectivity index (χ3v) is 5.28. The monoisotopic (exact) mass is 381 g/mol. The second kappa shape index (κ2) is 15.7. The minimum absolute atomic E-state index is 0.353. The Bertz CT molecular complexity index is 433. The SMILES string of the molecule is C=C(C)C(=O)NC(CCC)(CCCCCCCCCCCCCC)C(=O)O. The molecule has 27 heavy (non-hydrogen) atoms. The molecule has 0 aliphatic heterocycles. The van der Waals surface area contributed by atoms with Gasteiger partial charge in [-0.25, -0.2) is 4.79 Å². The summed E-state index contributed by atoms with van der Waals surface area (Å²) in [6.07, 6.45) is 16.6. The summed E-state index contributed by atoms with van der Waals surface area (Å²) in [4.78, 5) is 23.8. The van der Waals surface area contributed by atoms with Crippen molar-refractivity contribution in [2.24, 2.45) is 0 Å². The van der Waals surface area contributed by atoms with E-state index in [2.05, 4.69) is 18.8 Å². The molecule has 158 valence electrons. The first kappa shape index (κ1) is 25.7. The Morgan fingerprint density at radius 2 is 1.22 bits per heavy atom. The number of amides is 1. The number of hydrogen-bond donors (Lipinski definition) is 2. The molecule has 0 aliphatic rings. The number of aliphatic carboxylic acids is 1. The summed E-state index contributed by atoms with van der Waals surface area (Å²) in [6.45, 7) is 9.43. The van der Waals surface area contributed by atoms with E-state index < -0.39 is 11.5 Å². The first-order valence-electron chi connectivity index (χ1n) is 11.1. The van der Waals surface area contributed by atoms with Crippen LogP contribution in [0.3, 0.4) is 0 Å². The van der Waals surface area contributed by atoms with Gasteiger partial charge in [-0.3, -0.25) is 4.79 Å². The van der Waals surface area contributed by atoms with Gasteiger partial charge in [-0.1, -0.05) is 104 Å². The van der Waals surface area contributed by atoms with Gasteiger partial charge >= 0.3 is 5.97 Å². The van der Waals surface area contributed by atoms with Crippen LogP contribution >= 0.6 is 0 Å². The summed E-state index contributed by atoms with van der Waals surface area (Å²) < 4.78 is 0. The molecule has 4 nitrogen and oxygen atoms in total. The van der Waals surface area contributed by atoms with E-state index in [4.69, 9.17) is 0 Å². The van der Waals surface area contributed by atoms with E-state index in [1.54, 1.807) is 6.92 Å². The van der Waals surface area contributed by atoms with Gasteiger partial charge in [-0.05, 0) is 19.8 Å². The van der Waals surface area contributed by atoms with Gasteiger partial charge in [0.25, 0.3) is 0 Å². The Kier molecular flexibility index (Phi) is 14.9. The summed E-state index contributed by atoms with van der Waals surface area (Å²) in [5.41, 5.74) is -0.796. The van der Waals surface area contributed by atoms with Gasteiger partial charge < -0.3 is 10.4 Å². The highest BCUT2D eigenvalue weighted by Gasteiger charge is 2.38. The Hall–Kier alpha value is -1.32. The van der Waals surface area contributed by atoms with Crippen molar-refractivity contribution in [1.29, 1.82) is 0 Å². The summed E-state index contributed by atoms with van der Waals surface area (Å²) in [7, 11) is 0. The highest BCUT2D eigenvalue weighted by atomic mass is 16.4. The lowest BCUT2D eigenvalue weighted by molar-refractivity contribution is -0.148. The molecular weight excluding hydrogens is 338 g/mol. The predicted octanol–water partition coefficient (Wildman–Crippen LogP) is 6.39. The van der Waals surface area contributed by atoms with E-state index in [9.17, 15) is 14.7 Å². The van der Waals surface area contributed by atoms with Gasteiger partial charge in [0.05, 0.1) is 0 Å². The normalized spacial score (nSPS) is 13.1. The minimum Gasteiger partial charge on any atom is -0.480 e. The van der Waals surface area contributed by atoms with Crippen molar-refractivity contribution in [3.63, 3.8) is 0 Å². The second-order valence-electron chi connectivity index (χ2n) is 8.01. The second-order valence-corrected chi connectivity index (χ2v) is 8.01. The number of carboxylic acid groups (broad SMARTS) is 1. The van der Waals surface area contributed by atoms with E-state index >= 15 is 0 Å². The van der Waals surface area contributed by atoms with E-state index in [0.29, 0.717) is 18.4 Å². The lowest BCUT2D eigenvalue weighted by atomic mass is 9.87. The lowest BCUT2D eigenvalue weighted by Crippen LogP contribution is -2.54. The fourth-order valence-corrected chi connectivity index (χ4v) is 3.54. The number of carboxylic acids is 1. The smallest absolute Gasteiger partial charge is 0.329 e. The zero-order chi connectivity index (χ0) is 20.5. The molecule has 1 unspecified atom stereocenters. The number of hydrogen-bond acceptors (Lipinski definition) is 2. The van der Waals surface area contributed by atoms with E-state index in [-0.39, 0.29) is 5.91 Å². The minimum atomic E-state index is -1.15. The van der Waals surface area contributed by atoms with Gasteiger partial charge in [0.2, 0.25) is 5.91 Å². The molecular formula is C23H43NO3. The number of unbranched alkanes of at least 4 members (excludes halogenated alkanes) is 11. The van der Waals surface area contributed by atoms with Gasteiger partial charge in [-0.15, -0.1) is 0 Å². The van der Waals surface area contributed by atoms with Crippen LogP contribution in [0.4, 0.5) is 0 Å². The first-order valence-corrected chi connectivity index (χ1v) is 11.1. The third-order valence-electron chi connectivity index (χ3n) is 5.28.